The average molecular weight is 433 g/mol. The summed E-state index contributed by atoms with van der Waals surface area (Å²) in [5.41, 5.74) is 2.66. The van der Waals surface area contributed by atoms with Crippen molar-refractivity contribution >= 4 is 40.4 Å². The maximum atomic E-state index is 13.6. The van der Waals surface area contributed by atoms with E-state index in [0.29, 0.717) is 39.8 Å². The van der Waals surface area contributed by atoms with Crippen LogP contribution >= 0.6 is 11.6 Å². The summed E-state index contributed by atoms with van der Waals surface area (Å²) in [6.07, 6.45) is 0. The summed E-state index contributed by atoms with van der Waals surface area (Å²) < 4.78 is 5.20. The maximum absolute atomic E-state index is 13.6. The van der Waals surface area contributed by atoms with Gasteiger partial charge in [-0.15, -0.1) is 0 Å². The summed E-state index contributed by atoms with van der Waals surface area (Å²) in [7, 11) is 1.57. The molecule has 0 aromatic heterocycles. The molecule has 3 aromatic rings. The molecule has 2 amide bonds. The van der Waals surface area contributed by atoms with Gasteiger partial charge < -0.3 is 9.64 Å². The number of rotatable bonds is 6. The first-order chi connectivity index (χ1) is 15.0. The van der Waals surface area contributed by atoms with Crippen LogP contribution in [0.15, 0.2) is 84.6 Å². The van der Waals surface area contributed by atoms with E-state index in [9.17, 15) is 9.59 Å². The van der Waals surface area contributed by atoms with Gasteiger partial charge in [0.15, 0.2) is 0 Å². The number of nitrogens with zero attached hydrogens (tertiary/aromatic N) is 2. The van der Waals surface area contributed by atoms with Gasteiger partial charge in [-0.3, -0.25) is 9.59 Å². The Balaban J connectivity index is 1.87. The molecule has 1 aliphatic heterocycles. The van der Waals surface area contributed by atoms with Gasteiger partial charge in [-0.1, -0.05) is 41.9 Å². The number of carbonyl (C=O) groups excluding carboxylic acids is 2. The van der Waals surface area contributed by atoms with Crippen molar-refractivity contribution in [1.29, 1.82) is 0 Å². The normalized spacial score (nSPS) is 13.7. The first kappa shape index (κ1) is 20.7. The Morgan fingerprint density at radius 2 is 1.52 bits per heavy atom. The van der Waals surface area contributed by atoms with E-state index in [0.717, 1.165) is 5.69 Å². The number of methoxy groups -OCH3 is 1. The number of halogens is 1. The van der Waals surface area contributed by atoms with E-state index in [2.05, 4.69) is 0 Å². The van der Waals surface area contributed by atoms with Gasteiger partial charge >= 0.3 is 0 Å². The van der Waals surface area contributed by atoms with E-state index in [1.54, 1.807) is 55.6 Å². The van der Waals surface area contributed by atoms with Gasteiger partial charge in [-0.25, -0.2) is 4.90 Å². The molecule has 5 nitrogen and oxygen atoms in total. The third-order valence-corrected chi connectivity index (χ3v) is 5.43. The second-order valence-corrected chi connectivity index (χ2v) is 7.39. The first-order valence-electron chi connectivity index (χ1n) is 9.90. The molecule has 1 heterocycles. The van der Waals surface area contributed by atoms with E-state index in [4.69, 9.17) is 16.3 Å². The van der Waals surface area contributed by atoms with E-state index in [1.165, 1.54) is 4.90 Å². The minimum atomic E-state index is -0.373. The zero-order valence-corrected chi connectivity index (χ0v) is 18.0. The molecular weight excluding hydrogens is 412 g/mol. The molecule has 0 spiro atoms. The van der Waals surface area contributed by atoms with Gasteiger partial charge in [0.05, 0.1) is 18.4 Å². The van der Waals surface area contributed by atoms with Crippen LogP contribution in [0.25, 0.3) is 5.57 Å². The molecule has 0 fully saturated rings. The summed E-state index contributed by atoms with van der Waals surface area (Å²) in [5.74, 6) is -0.0962. The standard InChI is InChI=1S/C25H21ClN2O3/c1-3-27(19-7-5-4-6-8-19)23-22(17-9-11-18(26)12-10-17)24(29)28(25(23)30)20-13-15-21(31-2)16-14-20/h4-16H,3H2,1-2H3. The molecule has 0 N–H and O–H groups in total. The number of hydrogen-bond acceptors (Lipinski definition) is 4. The summed E-state index contributed by atoms with van der Waals surface area (Å²) in [6.45, 7) is 2.47. The highest BCUT2D eigenvalue weighted by atomic mass is 35.5. The Morgan fingerprint density at radius 3 is 2.10 bits per heavy atom. The zero-order chi connectivity index (χ0) is 22.0. The summed E-state index contributed by atoms with van der Waals surface area (Å²) in [4.78, 5) is 30.3. The lowest BCUT2D eigenvalue weighted by atomic mass is 10.0. The number of likely N-dealkylation sites (N-methyl/N-ethyl adjacent to an activating group) is 1. The van der Waals surface area contributed by atoms with Gasteiger partial charge in [-0.2, -0.15) is 0 Å². The first-order valence-corrected chi connectivity index (χ1v) is 10.3. The molecule has 6 heteroatoms. The van der Waals surface area contributed by atoms with Crippen molar-refractivity contribution in [3.05, 3.63) is 95.1 Å². The van der Waals surface area contributed by atoms with Crippen molar-refractivity contribution in [2.45, 2.75) is 6.92 Å². The lowest BCUT2D eigenvalue weighted by molar-refractivity contribution is -0.120. The number of ether oxygens (including phenoxy) is 1. The van der Waals surface area contributed by atoms with Gasteiger partial charge in [0, 0.05) is 17.3 Å². The topological polar surface area (TPSA) is 49.9 Å². The number of imide groups is 1. The fraction of sp³-hybridized carbons (Fsp3) is 0.120. The van der Waals surface area contributed by atoms with Gasteiger partial charge in [0.1, 0.15) is 11.4 Å². The molecule has 0 saturated heterocycles. The molecule has 0 saturated carbocycles. The minimum absolute atomic E-state index is 0.344. The van der Waals surface area contributed by atoms with Crippen molar-refractivity contribution in [3.63, 3.8) is 0 Å². The molecule has 1 aliphatic rings. The highest BCUT2D eigenvalue weighted by molar-refractivity contribution is 6.46. The number of benzene rings is 3. The number of carbonyl (C=O) groups is 2. The van der Waals surface area contributed by atoms with E-state index < -0.39 is 0 Å². The number of para-hydroxylation sites is 1. The van der Waals surface area contributed by atoms with Crippen molar-refractivity contribution in [3.8, 4) is 5.75 Å². The Bertz CT molecular complexity index is 1140. The second-order valence-electron chi connectivity index (χ2n) is 6.95. The van der Waals surface area contributed by atoms with E-state index >= 15 is 0 Å². The highest BCUT2D eigenvalue weighted by Crippen LogP contribution is 2.37. The molecule has 0 bridgehead atoms. The summed E-state index contributed by atoms with van der Waals surface area (Å²) in [6, 6.07) is 23.4. The van der Waals surface area contributed by atoms with E-state index in [1.807, 2.05) is 42.2 Å². The molecule has 0 radical (unpaired) electrons. The smallest absolute Gasteiger partial charge is 0.282 e. The number of hydrogen-bond donors (Lipinski definition) is 0. The fourth-order valence-electron chi connectivity index (χ4n) is 3.69. The van der Waals surface area contributed by atoms with Crippen molar-refractivity contribution in [1.82, 2.24) is 0 Å². The van der Waals surface area contributed by atoms with Crippen LogP contribution in [0.2, 0.25) is 5.02 Å². The maximum Gasteiger partial charge on any atom is 0.282 e. The molecule has 156 valence electrons. The lowest BCUT2D eigenvalue weighted by Gasteiger charge is -2.25. The second kappa shape index (κ2) is 8.66. The van der Waals surface area contributed by atoms with Crippen LogP contribution in [0.1, 0.15) is 12.5 Å². The molecule has 4 rings (SSSR count). The summed E-state index contributed by atoms with van der Waals surface area (Å²) >= 11 is 6.06. The zero-order valence-electron chi connectivity index (χ0n) is 17.2. The van der Waals surface area contributed by atoms with Gasteiger partial charge in [-0.05, 0) is 61.0 Å². The predicted octanol–water partition coefficient (Wildman–Crippen LogP) is 5.16. The monoisotopic (exact) mass is 432 g/mol. The largest absolute Gasteiger partial charge is 0.497 e. The number of anilines is 2. The Hall–Kier alpha value is -3.57. The SMILES string of the molecule is CCN(C1=C(c2ccc(Cl)cc2)C(=O)N(c2ccc(OC)cc2)C1=O)c1ccccc1. The van der Waals surface area contributed by atoms with Gasteiger partial charge in [0.2, 0.25) is 0 Å². The van der Waals surface area contributed by atoms with Crippen molar-refractivity contribution < 1.29 is 14.3 Å². The Kier molecular flexibility index (Phi) is 5.78. The Morgan fingerprint density at radius 1 is 0.871 bits per heavy atom. The van der Waals surface area contributed by atoms with Crippen molar-refractivity contribution in [2.75, 3.05) is 23.5 Å². The molecule has 31 heavy (non-hydrogen) atoms. The van der Waals surface area contributed by atoms with Gasteiger partial charge in [0.25, 0.3) is 11.8 Å². The fourth-order valence-corrected chi connectivity index (χ4v) is 3.81. The average Bonchev–Trinajstić information content (AvgIpc) is 3.06. The third-order valence-electron chi connectivity index (χ3n) is 5.18. The quantitative estimate of drug-likeness (QED) is 0.505. The van der Waals surface area contributed by atoms with Crippen molar-refractivity contribution in [2.24, 2.45) is 0 Å². The molecule has 0 unspecified atom stereocenters. The van der Waals surface area contributed by atoms with Crippen LogP contribution in [0.4, 0.5) is 11.4 Å². The predicted molar refractivity (Wildman–Crippen MR) is 123 cm³/mol. The summed E-state index contributed by atoms with van der Waals surface area (Å²) in [5, 5.41) is 0.560. The van der Waals surface area contributed by atoms with Crippen LogP contribution in [-0.4, -0.2) is 25.5 Å². The molecule has 0 atom stereocenters. The van der Waals surface area contributed by atoms with Crippen LogP contribution in [0.5, 0.6) is 5.75 Å². The number of amides is 2. The van der Waals surface area contributed by atoms with Crippen LogP contribution < -0.4 is 14.5 Å². The molecular formula is C25H21ClN2O3. The van der Waals surface area contributed by atoms with Crippen LogP contribution in [-0.2, 0) is 9.59 Å². The van der Waals surface area contributed by atoms with Crippen LogP contribution in [0.3, 0.4) is 0 Å². The van der Waals surface area contributed by atoms with Crippen LogP contribution in [0, 0.1) is 0 Å². The third kappa shape index (κ3) is 3.80. The lowest BCUT2D eigenvalue weighted by Crippen LogP contribution is -2.35. The molecule has 3 aromatic carbocycles. The molecule has 0 aliphatic carbocycles. The minimum Gasteiger partial charge on any atom is -0.497 e. The highest BCUT2D eigenvalue weighted by Gasteiger charge is 2.42. The van der Waals surface area contributed by atoms with E-state index in [-0.39, 0.29) is 11.8 Å². The Labute approximate surface area is 186 Å².